The molecule has 0 aromatic heterocycles. The van der Waals surface area contributed by atoms with E-state index in [0.29, 0.717) is 23.2 Å². The number of methoxy groups -OCH3 is 2. The summed E-state index contributed by atoms with van der Waals surface area (Å²) in [4.78, 5) is 1.99. The van der Waals surface area contributed by atoms with Crippen molar-refractivity contribution in [2.45, 2.75) is 42.9 Å². The number of nitrogens with zero attached hydrogens (tertiary/aromatic N) is 1. The van der Waals surface area contributed by atoms with Crippen LogP contribution in [0.25, 0.3) is 28.0 Å². The molecule has 8 heteroatoms. The fraction of sp³-hybridized carbons (Fsp3) is 0.302. The molecular formula is C43H37F4NO3. The van der Waals surface area contributed by atoms with Crippen molar-refractivity contribution in [3.05, 3.63) is 124 Å². The van der Waals surface area contributed by atoms with E-state index >= 15 is 0 Å². The van der Waals surface area contributed by atoms with Gasteiger partial charge in [0, 0.05) is 41.6 Å². The predicted octanol–water partition coefficient (Wildman–Crippen LogP) is 10.5. The zero-order valence-corrected chi connectivity index (χ0v) is 28.8. The molecule has 4 nitrogen and oxygen atoms in total. The van der Waals surface area contributed by atoms with Crippen molar-refractivity contribution in [2.75, 3.05) is 33.2 Å². The average molecular weight is 692 g/mol. The molecule has 2 fully saturated rings. The molecule has 1 aliphatic heterocycles. The van der Waals surface area contributed by atoms with Gasteiger partial charge in [0.1, 0.15) is 23.1 Å². The molecular weight excluding hydrogens is 654 g/mol. The van der Waals surface area contributed by atoms with E-state index in [1.807, 2.05) is 55.4 Å². The molecule has 1 spiro atoms. The normalized spacial score (nSPS) is 24.0. The maximum atomic E-state index is 14.4. The van der Waals surface area contributed by atoms with Gasteiger partial charge in [-0.2, -0.15) is 13.2 Å². The van der Waals surface area contributed by atoms with E-state index in [-0.39, 0.29) is 11.7 Å². The second-order valence-electron chi connectivity index (χ2n) is 14.7. The zero-order valence-electron chi connectivity index (χ0n) is 28.8. The number of hydrogen-bond donors (Lipinski definition) is 0. The van der Waals surface area contributed by atoms with Gasteiger partial charge >= 0.3 is 6.18 Å². The molecule has 9 rings (SSSR count). The van der Waals surface area contributed by atoms with Gasteiger partial charge in [-0.3, -0.25) is 0 Å². The standard InChI is InChI=1S/C43H37F4NO3/c1-48(2)36-21-33-34(22-37(36)50-4)40-32(17-18-42(51-40,25-7-12-29(44)13-8-25)26-9-14-30(49-3)15-10-26)39-38(33)31-16-11-28(43(45,46)47)20-35(31)41(39)23-24-5-6-27(41)19-24/h7-18,20-22,24,27H,5-6,19,23H2,1-4H3. The minimum Gasteiger partial charge on any atom is -0.497 e. The lowest BCUT2D eigenvalue weighted by Gasteiger charge is -2.41. The van der Waals surface area contributed by atoms with Crippen LogP contribution in [0.4, 0.5) is 23.2 Å². The molecule has 0 amide bonds. The number of benzene rings is 5. The summed E-state index contributed by atoms with van der Waals surface area (Å²) < 4.78 is 76.4. The molecule has 51 heavy (non-hydrogen) atoms. The number of ether oxygens (including phenoxy) is 3. The van der Waals surface area contributed by atoms with E-state index in [1.54, 1.807) is 32.4 Å². The number of rotatable bonds is 5. The third-order valence-corrected chi connectivity index (χ3v) is 12.0. The Bertz CT molecular complexity index is 2260. The van der Waals surface area contributed by atoms with Gasteiger partial charge in [0.2, 0.25) is 0 Å². The van der Waals surface area contributed by atoms with Gasteiger partial charge in [-0.25, -0.2) is 4.39 Å². The Morgan fingerprint density at radius 1 is 0.843 bits per heavy atom. The molecule has 0 N–H and O–H groups in total. The Balaban J connectivity index is 1.40. The van der Waals surface area contributed by atoms with Crippen LogP contribution < -0.4 is 19.1 Å². The summed E-state index contributed by atoms with van der Waals surface area (Å²) in [6, 6.07) is 22.4. The fourth-order valence-corrected chi connectivity index (χ4v) is 9.83. The van der Waals surface area contributed by atoms with Crippen LogP contribution in [0.2, 0.25) is 0 Å². The fourth-order valence-electron chi connectivity index (χ4n) is 9.83. The van der Waals surface area contributed by atoms with E-state index in [4.69, 9.17) is 14.2 Å². The lowest BCUT2D eigenvalue weighted by atomic mass is 9.65. The van der Waals surface area contributed by atoms with Gasteiger partial charge in [0.25, 0.3) is 0 Å². The first-order valence-corrected chi connectivity index (χ1v) is 17.4. The SMILES string of the molecule is COc1ccc(C2(c3ccc(F)cc3)C=Cc3c4c(c5cc(N(C)C)c(OC)cc5c3O2)-c2ccc(C(F)(F)F)cc2C42CC3CCC2C3)cc1. The van der Waals surface area contributed by atoms with Crippen molar-refractivity contribution in [1.82, 2.24) is 0 Å². The van der Waals surface area contributed by atoms with Gasteiger partial charge in [-0.15, -0.1) is 0 Å². The highest BCUT2D eigenvalue weighted by Crippen LogP contribution is 2.69. The van der Waals surface area contributed by atoms with Crippen molar-refractivity contribution in [1.29, 1.82) is 0 Å². The van der Waals surface area contributed by atoms with Crippen LogP contribution in [0, 0.1) is 17.7 Å². The van der Waals surface area contributed by atoms with Crippen molar-refractivity contribution in [2.24, 2.45) is 11.8 Å². The second kappa shape index (κ2) is 11.0. The summed E-state index contributed by atoms with van der Waals surface area (Å²) in [5.41, 5.74) is 4.56. The highest BCUT2D eigenvalue weighted by Gasteiger charge is 2.59. The molecule has 3 aliphatic carbocycles. The van der Waals surface area contributed by atoms with E-state index in [1.165, 1.54) is 24.3 Å². The molecule has 0 saturated heterocycles. The Kier molecular flexibility index (Phi) is 6.90. The largest absolute Gasteiger partial charge is 0.497 e. The number of alkyl halides is 3. The highest BCUT2D eigenvalue weighted by atomic mass is 19.4. The third kappa shape index (κ3) is 4.44. The Morgan fingerprint density at radius 3 is 2.18 bits per heavy atom. The van der Waals surface area contributed by atoms with Gasteiger partial charge in [0.05, 0.1) is 25.5 Å². The van der Waals surface area contributed by atoms with E-state index < -0.39 is 22.8 Å². The molecule has 2 bridgehead atoms. The first kappa shape index (κ1) is 32.0. The van der Waals surface area contributed by atoms with Crippen LogP contribution in [0.15, 0.2) is 84.9 Å². The topological polar surface area (TPSA) is 30.9 Å². The lowest BCUT2D eigenvalue weighted by Crippen LogP contribution is -2.36. The summed E-state index contributed by atoms with van der Waals surface area (Å²) in [6.45, 7) is 0. The minimum atomic E-state index is -4.47. The van der Waals surface area contributed by atoms with Crippen LogP contribution in [0.3, 0.4) is 0 Å². The van der Waals surface area contributed by atoms with Crippen molar-refractivity contribution < 1.29 is 31.8 Å². The first-order valence-electron chi connectivity index (χ1n) is 17.4. The minimum absolute atomic E-state index is 0.206. The van der Waals surface area contributed by atoms with Crippen molar-refractivity contribution in [3.8, 4) is 28.4 Å². The molecule has 4 atom stereocenters. The zero-order chi connectivity index (χ0) is 35.4. The number of fused-ring (bicyclic) bond motifs is 13. The van der Waals surface area contributed by atoms with Crippen LogP contribution in [0.5, 0.6) is 17.2 Å². The van der Waals surface area contributed by atoms with Crippen LogP contribution in [-0.2, 0) is 17.2 Å². The highest BCUT2D eigenvalue weighted by molar-refractivity contribution is 6.10. The Labute approximate surface area is 294 Å². The molecule has 1 heterocycles. The van der Waals surface area contributed by atoms with Crippen LogP contribution in [-0.4, -0.2) is 28.3 Å². The van der Waals surface area contributed by atoms with Crippen LogP contribution >= 0.6 is 0 Å². The number of anilines is 1. The summed E-state index contributed by atoms with van der Waals surface area (Å²) in [7, 11) is 7.14. The van der Waals surface area contributed by atoms with E-state index in [2.05, 4.69) is 12.1 Å². The predicted molar refractivity (Wildman–Crippen MR) is 191 cm³/mol. The molecule has 5 aromatic rings. The molecule has 0 radical (unpaired) electrons. The Hall–Kier alpha value is -4.98. The number of halogens is 4. The van der Waals surface area contributed by atoms with Gasteiger partial charge in [0.15, 0.2) is 5.60 Å². The second-order valence-corrected chi connectivity index (χ2v) is 14.7. The maximum absolute atomic E-state index is 14.4. The maximum Gasteiger partial charge on any atom is 0.416 e. The van der Waals surface area contributed by atoms with Crippen LogP contribution in [0.1, 0.15) is 59.1 Å². The summed E-state index contributed by atoms with van der Waals surface area (Å²) in [5.74, 6) is 2.24. The third-order valence-electron chi connectivity index (χ3n) is 12.0. The van der Waals surface area contributed by atoms with E-state index in [9.17, 15) is 17.6 Å². The summed E-state index contributed by atoms with van der Waals surface area (Å²) in [5, 5.41) is 1.69. The van der Waals surface area contributed by atoms with Gasteiger partial charge < -0.3 is 19.1 Å². The quantitative estimate of drug-likeness (QED) is 0.172. The molecule has 5 aromatic carbocycles. The molecule has 4 unspecified atom stereocenters. The van der Waals surface area contributed by atoms with Gasteiger partial charge in [-0.05, 0) is 113 Å². The van der Waals surface area contributed by atoms with E-state index in [0.717, 1.165) is 81.1 Å². The average Bonchev–Trinajstić information content (AvgIpc) is 3.83. The molecule has 2 saturated carbocycles. The summed E-state index contributed by atoms with van der Waals surface area (Å²) in [6.07, 6.45) is 3.49. The van der Waals surface area contributed by atoms with Crippen molar-refractivity contribution in [3.63, 3.8) is 0 Å². The summed E-state index contributed by atoms with van der Waals surface area (Å²) >= 11 is 0. The molecule has 260 valence electrons. The monoisotopic (exact) mass is 691 g/mol. The molecule has 4 aliphatic rings. The smallest absolute Gasteiger partial charge is 0.416 e. The van der Waals surface area contributed by atoms with Crippen molar-refractivity contribution >= 4 is 22.5 Å². The number of hydrogen-bond acceptors (Lipinski definition) is 4. The first-order chi connectivity index (χ1) is 24.5. The van der Waals surface area contributed by atoms with Gasteiger partial charge in [-0.1, -0.05) is 42.8 Å². The lowest BCUT2D eigenvalue weighted by molar-refractivity contribution is -0.137. The Morgan fingerprint density at radius 2 is 1.57 bits per heavy atom.